The van der Waals surface area contributed by atoms with E-state index in [2.05, 4.69) is 18.2 Å². The van der Waals surface area contributed by atoms with Crippen LogP contribution in [0, 0.1) is 5.92 Å². The highest BCUT2D eigenvalue weighted by atomic mass is 16.5. The minimum absolute atomic E-state index is 0.270. The molecular formula is C16H20O2. The number of hydrogen-bond donors (Lipinski definition) is 0. The molecule has 1 aromatic carbocycles. The number of carbonyl (C=O) groups excluding carboxylic acids is 1. The van der Waals surface area contributed by atoms with Crippen LogP contribution in [-0.4, -0.2) is 12.4 Å². The van der Waals surface area contributed by atoms with E-state index in [0.29, 0.717) is 18.9 Å². The third-order valence-electron chi connectivity index (χ3n) is 3.29. The molecule has 0 aromatic heterocycles. The molecule has 0 fully saturated rings. The number of hydrogen-bond acceptors (Lipinski definition) is 2. The van der Waals surface area contributed by atoms with Crippen molar-refractivity contribution in [3.63, 3.8) is 0 Å². The Hall–Kier alpha value is -1.41. The van der Waals surface area contributed by atoms with Gasteiger partial charge in [0.1, 0.15) is 0 Å². The fourth-order valence-electron chi connectivity index (χ4n) is 2.20. The van der Waals surface area contributed by atoms with Crippen LogP contribution < -0.4 is 0 Å². The van der Waals surface area contributed by atoms with Crippen LogP contribution in [0.4, 0.5) is 0 Å². The zero-order valence-corrected chi connectivity index (χ0v) is 10.7. The highest BCUT2D eigenvalue weighted by Gasteiger charge is 2.12. The fourth-order valence-corrected chi connectivity index (χ4v) is 2.20. The topological polar surface area (TPSA) is 26.3 Å². The molecule has 1 aromatic rings. The van der Waals surface area contributed by atoms with Gasteiger partial charge in [0.2, 0.25) is 0 Å². The Morgan fingerprint density at radius 1 is 1.22 bits per heavy atom. The molecule has 2 heteroatoms. The SMILES string of the molecule is O=C1C=CC(CCCOCc2ccccc2)CC1. The summed E-state index contributed by atoms with van der Waals surface area (Å²) in [4.78, 5) is 11.0. The van der Waals surface area contributed by atoms with Gasteiger partial charge < -0.3 is 4.74 Å². The molecule has 0 heterocycles. The lowest BCUT2D eigenvalue weighted by Gasteiger charge is -2.15. The Kier molecular flexibility index (Phi) is 5.15. The number of rotatable bonds is 6. The van der Waals surface area contributed by atoms with E-state index in [1.807, 2.05) is 18.2 Å². The van der Waals surface area contributed by atoms with Crippen molar-refractivity contribution in [1.82, 2.24) is 0 Å². The van der Waals surface area contributed by atoms with Gasteiger partial charge in [-0.3, -0.25) is 4.79 Å². The summed E-state index contributed by atoms with van der Waals surface area (Å²) in [5, 5.41) is 0. The van der Waals surface area contributed by atoms with Crippen molar-refractivity contribution >= 4 is 5.78 Å². The lowest BCUT2D eigenvalue weighted by atomic mass is 9.91. The lowest BCUT2D eigenvalue weighted by Crippen LogP contribution is -2.08. The quantitative estimate of drug-likeness (QED) is 0.716. The van der Waals surface area contributed by atoms with Gasteiger partial charge in [-0.1, -0.05) is 36.4 Å². The van der Waals surface area contributed by atoms with Crippen molar-refractivity contribution in [3.8, 4) is 0 Å². The van der Waals surface area contributed by atoms with Crippen LogP contribution in [0.25, 0.3) is 0 Å². The summed E-state index contributed by atoms with van der Waals surface area (Å²) in [5.41, 5.74) is 1.22. The van der Waals surface area contributed by atoms with Gasteiger partial charge in [-0.05, 0) is 36.8 Å². The van der Waals surface area contributed by atoms with Crippen molar-refractivity contribution in [2.75, 3.05) is 6.61 Å². The molecule has 2 nitrogen and oxygen atoms in total. The minimum Gasteiger partial charge on any atom is -0.377 e. The maximum absolute atomic E-state index is 11.0. The third kappa shape index (κ3) is 4.46. The normalized spacial score (nSPS) is 19.1. The van der Waals surface area contributed by atoms with Gasteiger partial charge in [0.05, 0.1) is 6.61 Å². The molecule has 0 N–H and O–H groups in total. The van der Waals surface area contributed by atoms with E-state index in [0.717, 1.165) is 25.9 Å². The van der Waals surface area contributed by atoms with Gasteiger partial charge in [0, 0.05) is 13.0 Å². The van der Waals surface area contributed by atoms with Gasteiger partial charge >= 0.3 is 0 Å². The van der Waals surface area contributed by atoms with E-state index < -0.39 is 0 Å². The summed E-state index contributed by atoms with van der Waals surface area (Å²) in [6, 6.07) is 10.2. The van der Waals surface area contributed by atoms with Crippen LogP contribution in [0.15, 0.2) is 42.5 Å². The molecule has 0 amide bonds. The van der Waals surface area contributed by atoms with Gasteiger partial charge in [-0.15, -0.1) is 0 Å². The Bertz CT molecular complexity index is 395. The standard InChI is InChI=1S/C16H20O2/c17-16-10-8-14(9-11-16)7-4-12-18-13-15-5-2-1-3-6-15/h1-3,5-6,8,10,14H,4,7,9,11-13H2. The predicted molar refractivity (Wildman–Crippen MR) is 72.2 cm³/mol. The van der Waals surface area contributed by atoms with Crippen molar-refractivity contribution in [1.29, 1.82) is 0 Å². The molecule has 2 rings (SSSR count). The summed E-state index contributed by atoms with van der Waals surface area (Å²) < 4.78 is 5.64. The van der Waals surface area contributed by atoms with Crippen LogP contribution in [0.3, 0.4) is 0 Å². The van der Waals surface area contributed by atoms with E-state index in [1.54, 1.807) is 6.08 Å². The third-order valence-corrected chi connectivity index (χ3v) is 3.29. The summed E-state index contributed by atoms with van der Waals surface area (Å²) in [6.07, 6.45) is 7.71. The van der Waals surface area contributed by atoms with E-state index in [4.69, 9.17) is 4.74 Å². The predicted octanol–water partition coefficient (Wildman–Crippen LogP) is 3.52. The first-order chi connectivity index (χ1) is 8.84. The van der Waals surface area contributed by atoms with E-state index in [-0.39, 0.29) is 5.78 Å². The molecule has 1 unspecified atom stereocenters. The van der Waals surface area contributed by atoms with Crippen molar-refractivity contribution in [2.45, 2.75) is 32.3 Å². The largest absolute Gasteiger partial charge is 0.377 e. The number of allylic oxidation sites excluding steroid dienone is 2. The fraction of sp³-hybridized carbons (Fsp3) is 0.438. The van der Waals surface area contributed by atoms with Gasteiger partial charge in [-0.25, -0.2) is 0 Å². The van der Waals surface area contributed by atoms with Crippen molar-refractivity contribution in [2.24, 2.45) is 5.92 Å². The van der Waals surface area contributed by atoms with Crippen molar-refractivity contribution in [3.05, 3.63) is 48.0 Å². The Morgan fingerprint density at radius 2 is 2.06 bits per heavy atom. The lowest BCUT2D eigenvalue weighted by molar-refractivity contribution is -0.115. The highest BCUT2D eigenvalue weighted by molar-refractivity contribution is 5.90. The maximum Gasteiger partial charge on any atom is 0.155 e. The molecule has 0 saturated carbocycles. The molecule has 1 aliphatic rings. The first-order valence-corrected chi connectivity index (χ1v) is 6.67. The minimum atomic E-state index is 0.270. The Balaban J connectivity index is 1.57. The van der Waals surface area contributed by atoms with Crippen LogP contribution in [0.5, 0.6) is 0 Å². The summed E-state index contributed by atoms with van der Waals surface area (Å²) in [7, 11) is 0. The summed E-state index contributed by atoms with van der Waals surface area (Å²) in [5.74, 6) is 0.842. The molecule has 0 spiro atoms. The van der Waals surface area contributed by atoms with E-state index in [9.17, 15) is 4.79 Å². The second-order valence-electron chi connectivity index (χ2n) is 4.80. The number of ether oxygens (including phenoxy) is 1. The first-order valence-electron chi connectivity index (χ1n) is 6.67. The zero-order valence-electron chi connectivity index (χ0n) is 10.7. The molecule has 0 radical (unpaired) electrons. The first kappa shape index (κ1) is 13.0. The molecule has 0 saturated heterocycles. The number of benzene rings is 1. The smallest absolute Gasteiger partial charge is 0.155 e. The van der Waals surface area contributed by atoms with Crippen molar-refractivity contribution < 1.29 is 9.53 Å². The molecule has 18 heavy (non-hydrogen) atoms. The molecule has 0 aliphatic heterocycles. The summed E-state index contributed by atoms with van der Waals surface area (Å²) in [6.45, 7) is 1.49. The highest BCUT2D eigenvalue weighted by Crippen LogP contribution is 2.19. The molecule has 0 bridgehead atoms. The van der Waals surface area contributed by atoms with Crippen LogP contribution in [-0.2, 0) is 16.1 Å². The van der Waals surface area contributed by atoms with Gasteiger partial charge in [0.15, 0.2) is 5.78 Å². The molecule has 1 aliphatic carbocycles. The monoisotopic (exact) mass is 244 g/mol. The molecule has 1 atom stereocenters. The summed E-state index contributed by atoms with van der Waals surface area (Å²) >= 11 is 0. The average Bonchev–Trinajstić information content (AvgIpc) is 2.42. The van der Waals surface area contributed by atoms with E-state index >= 15 is 0 Å². The van der Waals surface area contributed by atoms with Crippen LogP contribution in [0.1, 0.15) is 31.2 Å². The zero-order chi connectivity index (χ0) is 12.6. The molecule has 96 valence electrons. The van der Waals surface area contributed by atoms with Crippen LogP contribution in [0.2, 0.25) is 0 Å². The van der Waals surface area contributed by atoms with Gasteiger partial charge in [-0.2, -0.15) is 0 Å². The Labute approximate surface area is 109 Å². The molecular weight excluding hydrogens is 224 g/mol. The number of ketones is 1. The Morgan fingerprint density at radius 3 is 2.78 bits per heavy atom. The van der Waals surface area contributed by atoms with Crippen LogP contribution >= 0.6 is 0 Å². The van der Waals surface area contributed by atoms with Gasteiger partial charge in [0.25, 0.3) is 0 Å². The van der Waals surface area contributed by atoms with E-state index in [1.165, 1.54) is 5.56 Å². The maximum atomic E-state index is 11.0. The number of carbonyl (C=O) groups is 1. The second kappa shape index (κ2) is 7.12. The average molecular weight is 244 g/mol. The second-order valence-corrected chi connectivity index (χ2v) is 4.80.